The highest BCUT2D eigenvalue weighted by Gasteiger charge is 2.36. The zero-order valence-corrected chi connectivity index (χ0v) is 16.8. The molecular formula is C24H30O2. The maximum atomic E-state index is 13.2. The van der Waals surface area contributed by atoms with E-state index in [4.69, 9.17) is 4.74 Å². The zero-order valence-electron chi connectivity index (χ0n) is 16.8. The average molecular weight is 351 g/mol. The summed E-state index contributed by atoms with van der Waals surface area (Å²) >= 11 is 0. The Morgan fingerprint density at radius 1 is 1.15 bits per heavy atom. The van der Waals surface area contributed by atoms with E-state index in [2.05, 4.69) is 52.8 Å². The molecule has 138 valence electrons. The summed E-state index contributed by atoms with van der Waals surface area (Å²) in [7, 11) is 1.74. The highest BCUT2D eigenvalue weighted by Crippen LogP contribution is 2.47. The number of carbonyl (C=O) groups is 1. The Balaban J connectivity index is 2.28. The molecule has 0 fully saturated rings. The number of benzene rings is 2. The van der Waals surface area contributed by atoms with Crippen LogP contribution in [0.3, 0.4) is 0 Å². The normalized spacial score (nSPS) is 16.9. The molecule has 0 bridgehead atoms. The molecule has 0 saturated carbocycles. The number of fused-ring (bicyclic) bond motifs is 1. The van der Waals surface area contributed by atoms with E-state index < -0.39 is 0 Å². The maximum absolute atomic E-state index is 13.2. The van der Waals surface area contributed by atoms with Crippen LogP contribution in [-0.2, 0) is 11.8 Å². The Labute approximate surface area is 157 Å². The number of methoxy groups -OCH3 is 1. The lowest BCUT2D eigenvalue weighted by atomic mass is 9.81. The summed E-state index contributed by atoms with van der Waals surface area (Å²) in [4.78, 5) is 13.2. The number of hydrogen-bond acceptors (Lipinski definition) is 2. The zero-order chi connectivity index (χ0) is 19.1. The van der Waals surface area contributed by atoms with Crippen LogP contribution >= 0.6 is 0 Å². The molecule has 2 aromatic carbocycles. The third kappa shape index (κ3) is 3.30. The molecular weight excluding hydrogens is 320 g/mol. The van der Waals surface area contributed by atoms with Gasteiger partial charge in [-0.2, -0.15) is 0 Å². The summed E-state index contributed by atoms with van der Waals surface area (Å²) in [5.41, 5.74) is 5.31. The standard InChI is InChI=1S/C24H30O2/c1-15(2)12-17-13-18-19(22(17)25)14-20(24(3,4)5)23(26-6)21(18)16-10-8-7-9-11-16/h7-11,14-15,17H,12-13H2,1-6H3. The van der Waals surface area contributed by atoms with Gasteiger partial charge in [0.1, 0.15) is 5.75 Å². The second-order valence-corrected chi connectivity index (χ2v) is 8.87. The molecule has 0 spiro atoms. The number of Topliss-reactive ketones (excluding diaryl/α,β-unsaturated/α-hetero) is 1. The van der Waals surface area contributed by atoms with Crippen LogP contribution in [0.25, 0.3) is 11.1 Å². The second kappa shape index (κ2) is 6.90. The van der Waals surface area contributed by atoms with Gasteiger partial charge in [-0.1, -0.05) is 65.0 Å². The van der Waals surface area contributed by atoms with Crippen molar-refractivity contribution in [3.63, 3.8) is 0 Å². The highest BCUT2D eigenvalue weighted by atomic mass is 16.5. The van der Waals surface area contributed by atoms with Crippen molar-refractivity contribution in [3.8, 4) is 16.9 Å². The lowest BCUT2D eigenvalue weighted by Crippen LogP contribution is -2.15. The molecule has 1 atom stereocenters. The molecule has 3 rings (SSSR count). The topological polar surface area (TPSA) is 26.3 Å². The second-order valence-electron chi connectivity index (χ2n) is 8.87. The van der Waals surface area contributed by atoms with Crippen molar-refractivity contribution in [2.24, 2.45) is 11.8 Å². The van der Waals surface area contributed by atoms with Gasteiger partial charge in [0.15, 0.2) is 5.78 Å². The number of carbonyl (C=O) groups excluding carboxylic acids is 1. The highest BCUT2D eigenvalue weighted by molar-refractivity contribution is 6.05. The van der Waals surface area contributed by atoms with Crippen LogP contribution in [-0.4, -0.2) is 12.9 Å². The van der Waals surface area contributed by atoms with Crippen molar-refractivity contribution in [2.45, 2.75) is 52.9 Å². The first kappa shape index (κ1) is 18.7. The lowest BCUT2D eigenvalue weighted by Gasteiger charge is -2.26. The molecule has 2 nitrogen and oxygen atoms in total. The summed E-state index contributed by atoms with van der Waals surface area (Å²) in [6.07, 6.45) is 1.76. The molecule has 1 unspecified atom stereocenters. The van der Waals surface area contributed by atoms with Gasteiger partial charge in [-0.15, -0.1) is 0 Å². The van der Waals surface area contributed by atoms with Crippen LogP contribution in [0.2, 0.25) is 0 Å². The molecule has 0 heterocycles. The molecule has 0 amide bonds. The van der Waals surface area contributed by atoms with Crippen molar-refractivity contribution in [1.82, 2.24) is 0 Å². The minimum Gasteiger partial charge on any atom is -0.496 e. The van der Waals surface area contributed by atoms with Gasteiger partial charge in [0.05, 0.1) is 7.11 Å². The molecule has 0 aliphatic heterocycles. The molecule has 2 heteroatoms. The summed E-state index contributed by atoms with van der Waals surface area (Å²) < 4.78 is 5.92. The summed E-state index contributed by atoms with van der Waals surface area (Å²) in [5, 5.41) is 0. The molecule has 1 aliphatic carbocycles. The fourth-order valence-electron chi connectivity index (χ4n) is 4.13. The van der Waals surface area contributed by atoms with Gasteiger partial charge < -0.3 is 4.74 Å². The Morgan fingerprint density at radius 2 is 1.81 bits per heavy atom. The molecule has 0 radical (unpaired) electrons. The fourth-order valence-corrected chi connectivity index (χ4v) is 4.13. The molecule has 26 heavy (non-hydrogen) atoms. The van der Waals surface area contributed by atoms with E-state index in [0.29, 0.717) is 11.7 Å². The predicted octanol–water partition coefficient (Wildman–Crippen LogP) is 6.06. The minimum atomic E-state index is -0.0969. The summed E-state index contributed by atoms with van der Waals surface area (Å²) in [6, 6.07) is 12.5. The maximum Gasteiger partial charge on any atom is 0.166 e. The van der Waals surface area contributed by atoms with Gasteiger partial charge >= 0.3 is 0 Å². The fraction of sp³-hybridized carbons (Fsp3) is 0.458. The number of ketones is 1. The number of ether oxygens (including phenoxy) is 1. The molecule has 0 saturated heterocycles. The molecule has 1 aliphatic rings. The first-order valence-electron chi connectivity index (χ1n) is 9.58. The molecule has 2 aromatic rings. The van der Waals surface area contributed by atoms with E-state index in [0.717, 1.165) is 46.4 Å². The van der Waals surface area contributed by atoms with Gasteiger partial charge in [-0.25, -0.2) is 0 Å². The predicted molar refractivity (Wildman–Crippen MR) is 108 cm³/mol. The SMILES string of the molecule is COc1c(C(C)(C)C)cc2c(c1-c1ccccc1)CC(CC(C)C)C2=O. The molecule has 0 N–H and O–H groups in total. The van der Waals surface area contributed by atoms with E-state index in [1.165, 1.54) is 0 Å². The smallest absolute Gasteiger partial charge is 0.166 e. The van der Waals surface area contributed by atoms with Gasteiger partial charge in [-0.05, 0) is 41.4 Å². The Hall–Kier alpha value is -2.09. The Morgan fingerprint density at radius 3 is 2.35 bits per heavy atom. The van der Waals surface area contributed by atoms with Crippen LogP contribution in [0.4, 0.5) is 0 Å². The summed E-state index contributed by atoms with van der Waals surface area (Å²) in [5.74, 6) is 1.83. The van der Waals surface area contributed by atoms with Gasteiger partial charge in [0.25, 0.3) is 0 Å². The average Bonchev–Trinajstić information content (AvgIpc) is 2.88. The van der Waals surface area contributed by atoms with Crippen molar-refractivity contribution >= 4 is 5.78 Å². The Bertz CT molecular complexity index is 810. The van der Waals surface area contributed by atoms with Gasteiger partial charge in [0.2, 0.25) is 0 Å². The third-order valence-corrected chi connectivity index (χ3v) is 5.30. The van der Waals surface area contributed by atoms with Crippen molar-refractivity contribution < 1.29 is 9.53 Å². The van der Waals surface area contributed by atoms with Crippen LogP contribution in [0, 0.1) is 11.8 Å². The monoisotopic (exact) mass is 350 g/mol. The minimum absolute atomic E-state index is 0.0902. The largest absolute Gasteiger partial charge is 0.496 e. The van der Waals surface area contributed by atoms with E-state index in [-0.39, 0.29) is 11.3 Å². The lowest BCUT2D eigenvalue weighted by molar-refractivity contribution is 0.0922. The summed E-state index contributed by atoms with van der Waals surface area (Å²) in [6.45, 7) is 10.9. The van der Waals surface area contributed by atoms with E-state index in [1.807, 2.05) is 18.2 Å². The Kier molecular flexibility index (Phi) is 4.96. The first-order valence-corrected chi connectivity index (χ1v) is 9.58. The first-order chi connectivity index (χ1) is 12.2. The number of hydrogen-bond donors (Lipinski definition) is 0. The van der Waals surface area contributed by atoms with Crippen LogP contribution < -0.4 is 4.74 Å². The third-order valence-electron chi connectivity index (χ3n) is 5.30. The van der Waals surface area contributed by atoms with E-state index >= 15 is 0 Å². The van der Waals surface area contributed by atoms with Crippen molar-refractivity contribution in [1.29, 1.82) is 0 Å². The van der Waals surface area contributed by atoms with Gasteiger partial charge in [-0.3, -0.25) is 4.79 Å². The van der Waals surface area contributed by atoms with Crippen molar-refractivity contribution in [2.75, 3.05) is 7.11 Å². The quantitative estimate of drug-likeness (QED) is 0.670. The van der Waals surface area contributed by atoms with E-state index in [1.54, 1.807) is 7.11 Å². The van der Waals surface area contributed by atoms with Crippen molar-refractivity contribution in [3.05, 3.63) is 53.1 Å². The number of rotatable bonds is 4. The van der Waals surface area contributed by atoms with Crippen LogP contribution in [0.1, 0.15) is 62.5 Å². The van der Waals surface area contributed by atoms with E-state index in [9.17, 15) is 4.79 Å². The van der Waals surface area contributed by atoms with Gasteiger partial charge in [0, 0.05) is 22.6 Å². The molecule has 0 aromatic heterocycles. The van der Waals surface area contributed by atoms with Crippen LogP contribution in [0.15, 0.2) is 36.4 Å². The van der Waals surface area contributed by atoms with Crippen LogP contribution in [0.5, 0.6) is 5.75 Å².